The Labute approximate surface area is 230 Å². The third-order valence-corrected chi connectivity index (χ3v) is 6.97. The predicted molar refractivity (Wildman–Crippen MR) is 147 cm³/mol. The lowest BCUT2D eigenvalue weighted by molar-refractivity contribution is 0.0691. The highest BCUT2D eigenvalue weighted by atomic mass is 35.5. The molecule has 0 saturated heterocycles. The monoisotopic (exact) mass is 544 g/mol. The highest BCUT2D eigenvalue weighted by Crippen LogP contribution is 2.32. The van der Waals surface area contributed by atoms with Gasteiger partial charge in [0.25, 0.3) is 0 Å². The van der Waals surface area contributed by atoms with Gasteiger partial charge in [0.05, 0.1) is 12.2 Å². The smallest absolute Gasteiger partial charge is 0.354 e. The van der Waals surface area contributed by atoms with E-state index >= 15 is 0 Å². The SMILES string of the molecule is CC#CCn1c(CC2CC=C(c3cccc(OCc4ccc(Cl)cc4F)n3)CC2)nc2ccc(C(=O)O)nc21. The zero-order valence-electron chi connectivity index (χ0n) is 21.3. The fraction of sp³-hybridized carbons (Fsp3) is 0.267. The molecule has 5 rings (SSSR count). The molecule has 1 aliphatic carbocycles. The van der Waals surface area contributed by atoms with Crippen molar-refractivity contribution in [1.82, 2.24) is 19.5 Å². The van der Waals surface area contributed by atoms with Crippen LogP contribution in [0.1, 0.15) is 53.8 Å². The third-order valence-electron chi connectivity index (χ3n) is 6.74. The molecule has 1 N–H and O–H groups in total. The Kier molecular flexibility index (Phi) is 7.89. The molecule has 1 atom stereocenters. The number of fused-ring (bicyclic) bond motifs is 1. The molecule has 1 aromatic carbocycles. The second-order valence-corrected chi connectivity index (χ2v) is 9.78. The van der Waals surface area contributed by atoms with Crippen molar-refractivity contribution in [2.24, 2.45) is 5.92 Å². The number of hydrogen-bond acceptors (Lipinski definition) is 5. The van der Waals surface area contributed by atoms with E-state index in [4.69, 9.17) is 21.3 Å². The van der Waals surface area contributed by atoms with Crippen molar-refractivity contribution in [1.29, 1.82) is 0 Å². The summed E-state index contributed by atoms with van der Waals surface area (Å²) in [7, 11) is 0. The number of nitrogens with zero attached hydrogens (tertiary/aromatic N) is 4. The predicted octanol–water partition coefficient (Wildman–Crippen LogP) is 6.35. The second kappa shape index (κ2) is 11.7. The minimum atomic E-state index is -1.07. The van der Waals surface area contributed by atoms with Gasteiger partial charge in [0.15, 0.2) is 11.3 Å². The van der Waals surface area contributed by atoms with Crippen molar-refractivity contribution < 1.29 is 19.0 Å². The molecule has 0 aliphatic heterocycles. The van der Waals surface area contributed by atoms with Gasteiger partial charge in [-0.1, -0.05) is 35.7 Å². The van der Waals surface area contributed by atoms with Crippen molar-refractivity contribution in [2.45, 2.75) is 45.8 Å². The van der Waals surface area contributed by atoms with Crippen molar-refractivity contribution in [3.8, 4) is 17.7 Å². The normalized spacial score (nSPS) is 14.9. The average molecular weight is 545 g/mol. The average Bonchev–Trinajstić information content (AvgIpc) is 3.27. The number of ether oxygens (including phenoxy) is 1. The van der Waals surface area contributed by atoms with Crippen LogP contribution in [0.25, 0.3) is 16.7 Å². The lowest BCUT2D eigenvalue weighted by atomic mass is 9.86. The van der Waals surface area contributed by atoms with E-state index in [-0.39, 0.29) is 12.3 Å². The van der Waals surface area contributed by atoms with Crippen LogP contribution in [0.5, 0.6) is 5.88 Å². The van der Waals surface area contributed by atoms with Crippen molar-refractivity contribution in [3.63, 3.8) is 0 Å². The maximum absolute atomic E-state index is 14.1. The van der Waals surface area contributed by atoms with E-state index in [0.717, 1.165) is 42.8 Å². The Bertz CT molecular complexity index is 1640. The molecule has 3 aromatic heterocycles. The molecule has 4 aromatic rings. The van der Waals surface area contributed by atoms with Crippen molar-refractivity contribution in [2.75, 3.05) is 0 Å². The zero-order valence-corrected chi connectivity index (χ0v) is 22.1. The number of imidazole rings is 1. The van der Waals surface area contributed by atoms with E-state index in [1.165, 1.54) is 12.1 Å². The van der Waals surface area contributed by atoms with E-state index in [1.54, 1.807) is 31.2 Å². The zero-order chi connectivity index (χ0) is 27.4. The molecule has 0 amide bonds. The first-order valence-corrected chi connectivity index (χ1v) is 13.0. The molecule has 198 valence electrons. The van der Waals surface area contributed by atoms with Gasteiger partial charge in [-0.05, 0) is 68.0 Å². The molecule has 9 heteroatoms. The molecule has 0 fully saturated rings. The van der Waals surface area contributed by atoms with Gasteiger partial charge < -0.3 is 14.4 Å². The van der Waals surface area contributed by atoms with E-state index < -0.39 is 11.8 Å². The maximum Gasteiger partial charge on any atom is 0.354 e. The number of carboxylic acid groups (broad SMARTS) is 1. The second-order valence-electron chi connectivity index (χ2n) is 9.34. The Hall–Kier alpha value is -4.22. The molecule has 7 nitrogen and oxygen atoms in total. The molecule has 39 heavy (non-hydrogen) atoms. The van der Waals surface area contributed by atoms with Gasteiger partial charge in [-0.25, -0.2) is 24.1 Å². The summed E-state index contributed by atoms with van der Waals surface area (Å²) in [5.74, 6) is 6.13. The Morgan fingerprint density at radius 2 is 2.08 bits per heavy atom. The third kappa shape index (κ3) is 6.10. The van der Waals surface area contributed by atoms with Gasteiger partial charge in [-0.15, -0.1) is 5.92 Å². The number of aromatic nitrogens is 4. The molecule has 1 unspecified atom stereocenters. The molecule has 0 radical (unpaired) electrons. The van der Waals surface area contributed by atoms with E-state index in [1.807, 2.05) is 16.7 Å². The number of benzene rings is 1. The summed E-state index contributed by atoms with van der Waals surface area (Å²) in [4.78, 5) is 25.1. The number of pyridine rings is 2. The van der Waals surface area contributed by atoms with Crippen LogP contribution in [0.3, 0.4) is 0 Å². The first-order valence-electron chi connectivity index (χ1n) is 12.6. The number of carbonyl (C=O) groups is 1. The van der Waals surface area contributed by atoms with Crippen LogP contribution >= 0.6 is 11.6 Å². The van der Waals surface area contributed by atoms with Crippen LogP contribution < -0.4 is 4.74 Å². The topological polar surface area (TPSA) is 90.1 Å². The summed E-state index contributed by atoms with van der Waals surface area (Å²) in [6.07, 6.45) is 5.60. The van der Waals surface area contributed by atoms with E-state index in [2.05, 4.69) is 27.9 Å². The fourth-order valence-corrected chi connectivity index (χ4v) is 4.84. The van der Waals surface area contributed by atoms with Gasteiger partial charge in [-0.3, -0.25) is 0 Å². The number of rotatable bonds is 8. The Morgan fingerprint density at radius 3 is 2.82 bits per heavy atom. The summed E-state index contributed by atoms with van der Waals surface area (Å²) in [6.45, 7) is 2.24. The van der Waals surface area contributed by atoms with Crippen LogP contribution in [-0.2, 0) is 19.6 Å². The molecule has 3 heterocycles. The molecule has 0 saturated carbocycles. The summed E-state index contributed by atoms with van der Waals surface area (Å²) in [5, 5.41) is 9.70. The van der Waals surface area contributed by atoms with Crippen LogP contribution in [0.4, 0.5) is 4.39 Å². The van der Waals surface area contributed by atoms with Gasteiger partial charge in [0.2, 0.25) is 5.88 Å². The fourth-order valence-electron chi connectivity index (χ4n) is 4.68. The lowest BCUT2D eigenvalue weighted by Gasteiger charge is -2.22. The lowest BCUT2D eigenvalue weighted by Crippen LogP contribution is -2.13. The molecule has 0 spiro atoms. The summed E-state index contributed by atoms with van der Waals surface area (Å²) < 4.78 is 21.8. The Balaban J connectivity index is 1.28. The minimum Gasteiger partial charge on any atom is -0.477 e. The molecule has 0 bridgehead atoms. The number of carboxylic acids is 1. The number of aromatic carboxylic acids is 1. The first kappa shape index (κ1) is 26.4. The molecule has 1 aliphatic rings. The Morgan fingerprint density at radius 1 is 1.21 bits per heavy atom. The van der Waals surface area contributed by atoms with Gasteiger partial charge in [0, 0.05) is 23.1 Å². The maximum atomic E-state index is 14.1. The highest BCUT2D eigenvalue weighted by Gasteiger charge is 2.21. The highest BCUT2D eigenvalue weighted by molar-refractivity contribution is 6.30. The number of allylic oxidation sites excluding steroid dienone is 2. The van der Waals surface area contributed by atoms with Crippen LogP contribution in [0.2, 0.25) is 5.02 Å². The van der Waals surface area contributed by atoms with Crippen LogP contribution in [0, 0.1) is 23.6 Å². The van der Waals surface area contributed by atoms with E-state index in [0.29, 0.717) is 40.1 Å². The van der Waals surface area contributed by atoms with E-state index in [9.17, 15) is 14.3 Å². The van der Waals surface area contributed by atoms with Gasteiger partial charge >= 0.3 is 5.97 Å². The quantitative estimate of drug-likeness (QED) is 0.260. The van der Waals surface area contributed by atoms with Crippen molar-refractivity contribution >= 4 is 34.3 Å². The van der Waals surface area contributed by atoms with Gasteiger partial charge in [0.1, 0.15) is 23.8 Å². The largest absolute Gasteiger partial charge is 0.477 e. The van der Waals surface area contributed by atoms with Gasteiger partial charge in [-0.2, -0.15) is 0 Å². The summed E-state index contributed by atoms with van der Waals surface area (Å²) >= 11 is 5.83. The number of halogens is 2. The number of hydrogen-bond donors (Lipinski definition) is 1. The summed E-state index contributed by atoms with van der Waals surface area (Å²) in [6, 6.07) is 13.3. The van der Waals surface area contributed by atoms with Crippen LogP contribution in [-0.4, -0.2) is 30.6 Å². The first-order chi connectivity index (χ1) is 18.9. The molecular formula is C30H26ClFN4O3. The molecular weight excluding hydrogens is 519 g/mol. The van der Waals surface area contributed by atoms with Crippen LogP contribution in [0.15, 0.2) is 54.6 Å². The summed E-state index contributed by atoms with van der Waals surface area (Å²) in [5.41, 5.74) is 3.60. The van der Waals surface area contributed by atoms with Crippen molar-refractivity contribution in [3.05, 3.63) is 88.2 Å². The standard InChI is InChI=1S/C30H26ClFN4O3/c1-2-3-15-36-27(33-25-13-14-26(30(37)38)35-29(25)36)16-19-7-9-20(10-8-19)24-5-4-6-28(34-24)39-18-21-11-12-22(31)17-23(21)32/h4-6,9,11-14,17,19H,7-8,10,15-16,18H2,1H3,(H,37,38). The minimum absolute atomic E-state index is 0.0121.